The molecule has 0 bridgehead atoms. The molecule has 0 aromatic heterocycles. The van der Waals surface area contributed by atoms with Crippen LogP contribution in [0.5, 0.6) is 0 Å². The molecule has 0 saturated carbocycles. The van der Waals surface area contributed by atoms with E-state index in [4.69, 9.17) is 0 Å². The largest absolute Gasteiger partial charge is 0.465 e. The van der Waals surface area contributed by atoms with Gasteiger partial charge in [0.15, 0.2) is 0 Å². The Bertz CT molecular complexity index is 179. The first-order valence-corrected chi connectivity index (χ1v) is 5.54. The fraction of sp³-hybridized carbons (Fsp3) is 0.571. The minimum atomic E-state index is -1.94. The van der Waals surface area contributed by atoms with Gasteiger partial charge in [-0.05, 0) is 19.4 Å². The molecule has 0 aliphatic rings. The van der Waals surface area contributed by atoms with Crippen LogP contribution in [0, 0.1) is 0 Å². The Balaban J connectivity index is 4.58. The lowest BCUT2D eigenvalue weighted by molar-refractivity contribution is -0.135. The number of hydrogen-bond acceptors (Lipinski definition) is 3. The summed E-state index contributed by atoms with van der Waals surface area (Å²) in [6, 6.07) is 0. The second-order valence-electron chi connectivity index (χ2n) is 2.42. The summed E-state index contributed by atoms with van der Waals surface area (Å²) >= 11 is 0. The smallest absolute Gasteiger partial charge is 0.344 e. The molecule has 0 aliphatic carbocycles. The van der Waals surface area contributed by atoms with Crippen LogP contribution in [0.1, 0.15) is 6.92 Å². The molecule has 0 radical (unpaired) electrons. The van der Waals surface area contributed by atoms with Gasteiger partial charge in [0.25, 0.3) is 0 Å². The molecule has 66 valence electrons. The fourth-order valence-electron chi connectivity index (χ4n) is 0.711. The average Bonchev–Trinajstić information content (AvgIpc) is 1.86. The summed E-state index contributed by atoms with van der Waals surface area (Å²) in [5.41, 5.74) is 0. The maximum absolute atomic E-state index is 11.0. The molecular weight excluding hydrogens is 164 g/mol. The highest BCUT2D eigenvalue weighted by Crippen LogP contribution is 2.44. The summed E-state index contributed by atoms with van der Waals surface area (Å²) in [4.78, 5) is 11.3. The zero-order valence-corrected chi connectivity index (χ0v) is 8.07. The topological polar surface area (TPSA) is 46.5 Å². The van der Waals surface area contributed by atoms with Crippen LogP contribution in [0.15, 0.2) is 11.0 Å². The summed E-state index contributed by atoms with van der Waals surface area (Å²) in [6.07, 6.45) is 4.83. The second kappa shape index (κ2) is 3.78. The van der Waals surface area contributed by atoms with E-state index in [1.165, 1.54) is 7.11 Å². The number of methoxy groups -OCH3 is 1. The van der Waals surface area contributed by atoms with Crippen LogP contribution in [0.25, 0.3) is 0 Å². The van der Waals surface area contributed by atoms with Crippen molar-refractivity contribution in [3.8, 4) is 0 Å². The minimum Gasteiger partial charge on any atom is -0.465 e. The third kappa shape index (κ3) is 2.95. The summed E-state index contributed by atoms with van der Waals surface area (Å²) in [7, 11) is -0.637. The maximum Gasteiger partial charge on any atom is 0.344 e. The van der Waals surface area contributed by atoms with E-state index >= 15 is 0 Å². The van der Waals surface area contributed by atoms with Gasteiger partial charge in [0.2, 0.25) is 0 Å². The number of allylic oxidation sites excluding steroid dienone is 1. The van der Waals surface area contributed by atoms with Gasteiger partial charge in [0.1, 0.15) is 0 Å². The quantitative estimate of drug-likeness (QED) is 0.516. The molecule has 0 aliphatic heterocycles. The van der Waals surface area contributed by atoms with Crippen LogP contribution in [-0.2, 0) is 9.53 Å². The van der Waals surface area contributed by atoms with Crippen molar-refractivity contribution in [2.75, 3.05) is 19.6 Å². The molecule has 0 aromatic rings. The van der Waals surface area contributed by atoms with E-state index in [0.29, 0.717) is 4.91 Å². The SMILES string of the molecule is CC=C(C(=O)OC)S(C)(C)O. The molecule has 0 rings (SSSR count). The van der Waals surface area contributed by atoms with Crippen molar-refractivity contribution in [2.45, 2.75) is 6.92 Å². The first-order valence-electron chi connectivity index (χ1n) is 3.14. The summed E-state index contributed by atoms with van der Waals surface area (Å²) in [5, 5.41) is 0. The van der Waals surface area contributed by atoms with Crippen LogP contribution in [0.2, 0.25) is 0 Å². The summed E-state index contributed by atoms with van der Waals surface area (Å²) in [6.45, 7) is 1.71. The van der Waals surface area contributed by atoms with Gasteiger partial charge < -0.3 is 9.29 Å². The van der Waals surface area contributed by atoms with Crippen LogP contribution < -0.4 is 0 Å². The predicted molar refractivity (Wildman–Crippen MR) is 47.8 cm³/mol. The van der Waals surface area contributed by atoms with Crippen LogP contribution in [0.4, 0.5) is 0 Å². The Morgan fingerprint density at radius 1 is 1.55 bits per heavy atom. The van der Waals surface area contributed by atoms with E-state index in [0.717, 1.165) is 0 Å². The number of carbonyl (C=O) groups excluding carboxylic acids is 1. The molecule has 0 amide bonds. The van der Waals surface area contributed by atoms with Crippen LogP contribution >= 0.6 is 10.3 Å². The first-order chi connectivity index (χ1) is 4.93. The van der Waals surface area contributed by atoms with Gasteiger partial charge in [-0.2, -0.15) is 0 Å². The Kier molecular flexibility index (Phi) is 3.62. The highest BCUT2D eigenvalue weighted by molar-refractivity contribution is 8.31. The van der Waals surface area contributed by atoms with E-state index in [1.807, 2.05) is 0 Å². The van der Waals surface area contributed by atoms with Crippen molar-refractivity contribution in [1.29, 1.82) is 0 Å². The van der Waals surface area contributed by atoms with E-state index in [2.05, 4.69) is 4.74 Å². The zero-order chi connectivity index (χ0) is 9.07. The van der Waals surface area contributed by atoms with Crippen molar-refractivity contribution in [2.24, 2.45) is 0 Å². The molecule has 1 N–H and O–H groups in total. The average molecular weight is 178 g/mol. The van der Waals surface area contributed by atoms with Crippen molar-refractivity contribution in [3.05, 3.63) is 11.0 Å². The molecule has 11 heavy (non-hydrogen) atoms. The standard InChI is InChI=1S/C7H14O3S/c1-5-6(7(8)10-2)11(3,4)9/h5,9H,1-4H3. The molecule has 4 heteroatoms. The molecule has 0 saturated heterocycles. The van der Waals surface area contributed by atoms with Gasteiger partial charge in [-0.1, -0.05) is 6.08 Å². The van der Waals surface area contributed by atoms with Crippen LogP contribution in [-0.4, -0.2) is 30.1 Å². The summed E-state index contributed by atoms with van der Waals surface area (Å²) < 4.78 is 14.0. The van der Waals surface area contributed by atoms with Gasteiger partial charge >= 0.3 is 5.97 Å². The van der Waals surface area contributed by atoms with E-state index in [1.54, 1.807) is 25.5 Å². The Hall–Kier alpha value is -0.480. The van der Waals surface area contributed by atoms with Gasteiger partial charge in [-0.15, -0.1) is 10.3 Å². The second-order valence-corrected chi connectivity index (χ2v) is 5.40. The molecular formula is C7H14O3S. The zero-order valence-electron chi connectivity index (χ0n) is 7.25. The van der Waals surface area contributed by atoms with Gasteiger partial charge in [0.05, 0.1) is 12.0 Å². The van der Waals surface area contributed by atoms with Gasteiger partial charge in [0, 0.05) is 0 Å². The normalized spacial score (nSPS) is 14.5. The Morgan fingerprint density at radius 2 is 2.00 bits per heavy atom. The van der Waals surface area contributed by atoms with Crippen molar-refractivity contribution >= 4 is 16.3 Å². The number of rotatable bonds is 2. The van der Waals surface area contributed by atoms with Gasteiger partial charge in [-0.3, -0.25) is 0 Å². The Morgan fingerprint density at radius 3 is 2.09 bits per heavy atom. The number of carbonyl (C=O) groups is 1. The monoisotopic (exact) mass is 178 g/mol. The fourth-order valence-corrected chi connectivity index (χ4v) is 1.78. The lowest BCUT2D eigenvalue weighted by atomic mass is 10.5. The maximum atomic E-state index is 11.0. The van der Waals surface area contributed by atoms with Crippen LogP contribution in [0.3, 0.4) is 0 Å². The molecule has 0 aromatic carbocycles. The molecule has 0 atom stereocenters. The van der Waals surface area contributed by atoms with Crippen molar-refractivity contribution < 1.29 is 14.1 Å². The summed E-state index contributed by atoms with van der Waals surface area (Å²) in [5.74, 6) is -0.449. The number of esters is 1. The van der Waals surface area contributed by atoms with E-state index in [9.17, 15) is 9.35 Å². The number of hydrogen-bond donors (Lipinski definition) is 1. The van der Waals surface area contributed by atoms with Crippen molar-refractivity contribution in [3.63, 3.8) is 0 Å². The van der Waals surface area contributed by atoms with E-state index in [-0.39, 0.29) is 0 Å². The highest BCUT2D eigenvalue weighted by atomic mass is 32.3. The molecule has 0 heterocycles. The lowest BCUT2D eigenvalue weighted by Gasteiger charge is -2.24. The van der Waals surface area contributed by atoms with E-state index < -0.39 is 16.3 Å². The lowest BCUT2D eigenvalue weighted by Crippen LogP contribution is -2.10. The molecule has 3 nitrogen and oxygen atoms in total. The third-order valence-electron chi connectivity index (χ3n) is 1.19. The molecule has 0 unspecified atom stereocenters. The molecule has 0 fully saturated rings. The predicted octanol–water partition coefficient (Wildman–Crippen LogP) is 1.60. The molecule has 0 spiro atoms. The Labute approximate surface area is 68.6 Å². The third-order valence-corrected chi connectivity index (χ3v) is 2.67. The highest BCUT2D eigenvalue weighted by Gasteiger charge is 2.20. The van der Waals surface area contributed by atoms with Crippen molar-refractivity contribution in [1.82, 2.24) is 0 Å². The minimum absolute atomic E-state index is 0.361. The first kappa shape index (κ1) is 10.5. The number of ether oxygens (including phenoxy) is 1. The van der Waals surface area contributed by atoms with Gasteiger partial charge in [-0.25, -0.2) is 4.79 Å².